The number of hydrogen-bond donors (Lipinski definition) is 0. The second kappa shape index (κ2) is 5.81. The van der Waals surface area contributed by atoms with Crippen molar-refractivity contribution in [3.8, 4) is 11.5 Å². The summed E-state index contributed by atoms with van der Waals surface area (Å²) in [6.45, 7) is 1.63. The number of fused-ring (bicyclic) bond motifs is 1. The summed E-state index contributed by atoms with van der Waals surface area (Å²) in [5.41, 5.74) is 0.965. The van der Waals surface area contributed by atoms with E-state index in [2.05, 4.69) is 0 Å². The first kappa shape index (κ1) is 15.0. The molecule has 23 heavy (non-hydrogen) atoms. The average Bonchev–Trinajstić information content (AvgIpc) is 3.26. The maximum Gasteiger partial charge on any atom is 0.253 e. The Morgan fingerprint density at radius 2 is 1.96 bits per heavy atom. The smallest absolute Gasteiger partial charge is 0.253 e. The monoisotopic (exact) mass is 351 g/mol. The number of benzene rings is 1. The second-order valence-electron chi connectivity index (χ2n) is 5.61. The molecular weight excluding hydrogens is 334 g/mol. The molecule has 2 aliphatic rings. The molecule has 2 aromatic rings. The fraction of sp³-hybridized carbons (Fsp3) is 0.375. The van der Waals surface area contributed by atoms with Crippen LogP contribution in [0.25, 0.3) is 0 Å². The lowest BCUT2D eigenvalue weighted by Crippen LogP contribution is -2.30. The van der Waals surface area contributed by atoms with E-state index in [9.17, 15) is 8.42 Å². The summed E-state index contributed by atoms with van der Waals surface area (Å²) in [6.07, 6.45) is 1.69. The Hall–Kier alpha value is -1.57. The molecule has 4 rings (SSSR count). The van der Waals surface area contributed by atoms with E-state index in [4.69, 9.17) is 9.47 Å². The lowest BCUT2D eigenvalue weighted by atomic mass is 10.0. The molecule has 0 radical (unpaired) electrons. The van der Waals surface area contributed by atoms with E-state index in [0.29, 0.717) is 29.7 Å². The van der Waals surface area contributed by atoms with Crippen molar-refractivity contribution in [3.05, 3.63) is 41.3 Å². The molecule has 0 amide bonds. The topological polar surface area (TPSA) is 55.8 Å². The average molecular weight is 351 g/mol. The first-order chi connectivity index (χ1) is 11.2. The fourth-order valence-corrected chi connectivity index (χ4v) is 5.96. The van der Waals surface area contributed by atoms with Crippen LogP contribution in [0.5, 0.6) is 11.5 Å². The van der Waals surface area contributed by atoms with E-state index in [1.165, 1.54) is 11.3 Å². The molecular formula is C16H17NO4S2. The van der Waals surface area contributed by atoms with Crippen molar-refractivity contribution < 1.29 is 17.9 Å². The van der Waals surface area contributed by atoms with Gasteiger partial charge >= 0.3 is 0 Å². The van der Waals surface area contributed by atoms with Crippen LogP contribution in [0, 0.1) is 0 Å². The van der Waals surface area contributed by atoms with Crippen LogP contribution in [0.2, 0.25) is 0 Å². The van der Waals surface area contributed by atoms with E-state index < -0.39 is 10.0 Å². The van der Waals surface area contributed by atoms with Gasteiger partial charge in [0.1, 0.15) is 17.4 Å². The van der Waals surface area contributed by atoms with E-state index >= 15 is 0 Å². The van der Waals surface area contributed by atoms with Crippen molar-refractivity contribution in [3.63, 3.8) is 0 Å². The molecule has 1 saturated heterocycles. The molecule has 0 N–H and O–H groups in total. The van der Waals surface area contributed by atoms with Crippen molar-refractivity contribution in [2.45, 2.75) is 23.1 Å². The van der Waals surface area contributed by atoms with Crippen molar-refractivity contribution in [1.82, 2.24) is 4.31 Å². The fourth-order valence-electron chi connectivity index (χ4n) is 3.15. The maximum absolute atomic E-state index is 12.8. The van der Waals surface area contributed by atoms with Crippen LogP contribution in [0.1, 0.15) is 24.4 Å². The maximum atomic E-state index is 12.8. The van der Waals surface area contributed by atoms with Gasteiger partial charge in [0, 0.05) is 6.54 Å². The minimum atomic E-state index is -3.43. The van der Waals surface area contributed by atoms with Gasteiger partial charge in [-0.3, -0.25) is 0 Å². The first-order valence-electron chi connectivity index (χ1n) is 7.61. The van der Waals surface area contributed by atoms with E-state index in [1.54, 1.807) is 21.8 Å². The lowest BCUT2D eigenvalue weighted by molar-refractivity contribution is 0.171. The van der Waals surface area contributed by atoms with Crippen LogP contribution in [0.15, 0.2) is 39.9 Å². The highest BCUT2D eigenvalue weighted by molar-refractivity contribution is 7.91. The molecule has 1 aromatic heterocycles. The van der Waals surface area contributed by atoms with Gasteiger partial charge in [-0.15, -0.1) is 11.3 Å². The zero-order valence-electron chi connectivity index (χ0n) is 12.5. The van der Waals surface area contributed by atoms with Crippen LogP contribution in [0.3, 0.4) is 0 Å². The van der Waals surface area contributed by atoms with E-state index in [-0.39, 0.29) is 6.04 Å². The molecule has 0 bridgehead atoms. The molecule has 0 aliphatic carbocycles. The Morgan fingerprint density at radius 1 is 1.13 bits per heavy atom. The predicted molar refractivity (Wildman–Crippen MR) is 87.6 cm³/mol. The summed E-state index contributed by atoms with van der Waals surface area (Å²) >= 11 is 1.26. The van der Waals surface area contributed by atoms with Crippen molar-refractivity contribution in [2.75, 3.05) is 19.8 Å². The number of hydrogen-bond acceptors (Lipinski definition) is 5. The lowest BCUT2D eigenvalue weighted by Gasteiger charge is -2.25. The summed E-state index contributed by atoms with van der Waals surface area (Å²) in [5.74, 6) is 1.43. The minimum Gasteiger partial charge on any atom is -0.486 e. The number of sulfonamides is 1. The number of thiophene rings is 1. The molecule has 5 nitrogen and oxygen atoms in total. The third kappa shape index (κ3) is 2.62. The minimum absolute atomic E-state index is 0.141. The van der Waals surface area contributed by atoms with Gasteiger partial charge in [0.25, 0.3) is 10.0 Å². The number of rotatable bonds is 3. The summed E-state index contributed by atoms with van der Waals surface area (Å²) < 4.78 is 38.9. The highest BCUT2D eigenvalue weighted by Crippen LogP contribution is 2.40. The second-order valence-corrected chi connectivity index (χ2v) is 8.67. The molecule has 3 heterocycles. The molecule has 0 saturated carbocycles. The van der Waals surface area contributed by atoms with E-state index in [0.717, 1.165) is 24.2 Å². The van der Waals surface area contributed by atoms with Crippen molar-refractivity contribution in [2.24, 2.45) is 0 Å². The van der Waals surface area contributed by atoms with Crippen molar-refractivity contribution >= 4 is 21.4 Å². The summed E-state index contributed by atoms with van der Waals surface area (Å²) in [5, 5.41) is 1.79. The Labute approximate surface area is 139 Å². The zero-order valence-corrected chi connectivity index (χ0v) is 14.1. The van der Waals surface area contributed by atoms with Crippen LogP contribution < -0.4 is 9.47 Å². The molecule has 1 aromatic carbocycles. The van der Waals surface area contributed by atoms with Gasteiger partial charge in [-0.05, 0) is 42.0 Å². The Kier molecular flexibility index (Phi) is 3.79. The molecule has 1 fully saturated rings. The quantitative estimate of drug-likeness (QED) is 0.853. The van der Waals surface area contributed by atoms with Crippen molar-refractivity contribution in [1.29, 1.82) is 0 Å². The normalized spacial score (nSPS) is 21.5. The van der Waals surface area contributed by atoms with Gasteiger partial charge in [0.2, 0.25) is 0 Å². The Bertz CT molecular complexity index is 801. The largest absolute Gasteiger partial charge is 0.486 e. The Morgan fingerprint density at radius 3 is 2.74 bits per heavy atom. The van der Waals surface area contributed by atoms with Crippen LogP contribution in [0.4, 0.5) is 0 Å². The van der Waals surface area contributed by atoms with E-state index in [1.807, 2.05) is 18.2 Å². The van der Waals surface area contributed by atoms with Crippen LogP contribution in [-0.4, -0.2) is 32.5 Å². The summed E-state index contributed by atoms with van der Waals surface area (Å²) in [4.78, 5) is 0. The molecule has 122 valence electrons. The predicted octanol–water partition coefficient (Wildman–Crippen LogP) is 3.05. The summed E-state index contributed by atoms with van der Waals surface area (Å²) in [6, 6.07) is 9.03. The molecule has 0 spiro atoms. The molecule has 1 atom stereocenters. The standard InChI is InChI=1S/C16H17NO4S2/c18-23(19,16-4-2-10-22-16)17-7-1-3-13(17)12-5-6-14-15(11-12)21-9-8-20-14/h2,4-6,10-11,13H,1,3,7-9H2. The molecule has 7 heteroatoms. The van der Waals surface area contributed by atoms with Gasteiger partial charge in [-0.25, -0.2) is 8.42 Å². The molecule has 1 unspecified atom stereocenters. The van der Waals surface area contributed by atoms with Gasteiger partial charge in [-0.1, -0.05) is 12.1 Å². The van der Waals surface area contributed by atoms with Gasteiger partial charge in [-0.2, -0.15) is 4.31 Å². The number of nitrogens with zero attached hydrogens (tertiary/aromatic N) is 1. The van der Waals surface area contributed by atoms with Gasteiger partial charge < -0.3 is 9.47 Å². The van der Waals surface area contributed by atoms with Gasteiger partial charge in [0.05, 0.1) is 6.04 Å². The highest BCUT2D eigenvalue weighted by atomic mass is 32.2. The SMILES string of the molecule is O=S(=O)(c1cccs1)N1CCCC1c1ccc2c(c1)OCCO2. The zero-order chi connectivity index (χ0) is 15.9. The first-order valence-corrected chi connectivity index (χ1v) is 9.93. The molecule has 2 aliphatic heterocycles. The highest BCUT2D eigenvalue weighted by Gasteiger charge is 2.37. The third-order valence-corrected chi connectivity index (χ3v) is 7.49. The Balaban J connectivity index is 1.68. The van der Waals surface area contributed by atoms with Gasteiger partial charge in [0.15, 0.2) is 11.5 Å². The summed E-state index contributed by atoms with van der Waals surface area (Å²) in [7, 11) is -3.43. The third-order valence-electron chi connectivity index (χ3n) is 4.21. The van der Waals surface area contributed by atoms with Crippen LogP contribution in [-0.2, 0) is 10.0 Å². The van der Waals surface area contributed by atoms with Crippen LogP contribution >= 0.6 is 11.3 Å². The number of ether oxygens (including phenoxy) is 2.